The molecule has 126 valence electrons. The maximum Gasteiger partial charge on any atom is 0.346 e. The Bertz CT molecular complexity index is 829. The molecule has 0 aliphatic heterocycles. The van der Waals surface area contributed by atoms with Crippen LogP contribution >= 0.6 is 11.8 Å². The molecule has 2 N–H and O–H groups in total. The van der Waals surface area contributed by atoms with Crippen molar-refractivity contribution in [3.05, 3.63) is 51.1 Å². The van der Waals surface area contributed by atoms with E-state index in [2.05, 4.69) is 15.3 Å². The average Bonchev–Trinajstić information content (AvgIpc) is 2.56. The third kappa shape index (κ3) is 3.70. The topological polar surface area (TPSA) is 74.8 Å². The predicted molar refractivity (Wildman–Crippen MR) is 96.8 cm³/mol. The molecule has 0 fully saturated rings. The van der Waals surface area contributed by atoms with Crippen LogP contribution in [0.2, 0.25) is 0 Å². The Morgan fingerprint density at radius 2 is 2.08 bits per heavy atom. The van der Waals surface area contributed by atoms with E-state index in [0.717, 1.165) is 53.8 Å². The normalized spacial score (nSPS) is 13.4. The molecular weight excluding hydrogens is 322 g/mol. The molecule has 1 heterocycles. The van der Waals surface area contributed by atoms with Gasteiger partial charge in [0.2, 0.25) is 5.91 Å². The smallest absolute Gasteiger partial charge is 0.325 e. The van der Waals surface area contributed by atoms with Crippen LogP contribution in [0.3, 0.4) is 0 Å². The number of hydrogen-bond donors (Lipinski definition) is 2. The molecule has 0 saturated heterocycles. The molecule has 1 amide bonds. The number of aryl methyl sites for hydroxylation is 2. The van der Waals surface area contributed by atoms with Gasteiger partial charge in [0, 0.05) is 16.9 Å². The van der Waals surface area contributed by atoms with E-state index in [1.165, 1.54) is 11.8 Å². The average molecular weight is 343 g/mol. The first-order chi connectivity index (χ1) is 11.5. The van der Waals surface area contributed by atoms with Gasteiger partial charge in [-0.25, -0.2) is 4.79 Å². The zero-order valence-corrected chi connectivity index (χ0v) is 14.8. The van der Waals surface area contributed by atoms with Crippen LogP contribution in [-0.2, 0) is 17.6 Å². The molecular formula is C18H21N3O2S. The standard InChI is InChI=1S/C18H21N3O2S/c1-11-6-5-9-14(12(11)2)19-16(22)10-24-17-13-7-3-4-8-15(13)20-18(23)21-17/h5-6,9H,3-4,7-8,10H2,1-2H3,(H,19,22)(H,20,21,23). The minimum atomic E-state index is -0.326. The zero-order chi connectivity index (χ0) is 17.1. The van der Waals surface area contributed by atoms with Gasteiger partial charge in [0.15, 0.2) is 0 Å². The Morgan fingerprint density at radius 1 is 1.29 bits per heavy atom. The van der Waals surface area contributed by atoms with Crippen LogP contribution in [0.25, 0.3) is 0 Å². The highest BCUT2D eigenvalue weighted by atomic mass is 32.2. The van der Waals surface area contributed by atoms with Crippen LogP contribution in [-0.4, -0.2) is 21.6 Å². The summed E-state index contributed by atoms with van der Waals surface area (Å²) in [6.45, 7) is 4.01. The second-order valence-corrected chi connectivity index (χ2v) is 7.06. The Kier molecular flexibility index (Phi) is 5.04. The minimum Gasteiger partial charge on any atom is -0.325 e. The van der Waals surface area contributed by atoms with Crippen LogP contribution < -0.4 is 11.0 Å². The number of hydrogen-bond acceptors (Lipinski definition) is 4. The van der Waals surface area contributed by atoms with E-state index >= 15 is 0 Å². The fourth-order valence-corrected chi connectivity index (χ4v) is 3.81. The zero-order valence-electron chi connectivity index (χ0n) is 13.9. The Balaban J connectivity index is 1.70. The summed E-state index contributed by atoms with van der Waals surface area (Å²) < 4.78 is 0. The lowest BCUT2D eigenvalue weighted by Gasteiger charge is -2.17. The third-order valence-corrected chi connectivity index (χ3v) is 5.42. The highest BCUT2D eigenvalue weighted by molar-refractivity contribution is 8.00. The molecule has 5 nitrogen and oxygen atoms in total. The number of thioether (sulfide) groups is 1. The monoisotopic (exact) mass is 343 g/mol. The van der Waals surface area contributed by atoms with Crippen molar-refractivity contribution in [2.45, 2.75) is 44.6 Å². The van der Waals surface area contributed by atoms with E-state index in [1.54, 1.807) is 0 Å². The number of aromatic nitrogens is 2. The maximum atomic E-state index is 12.3. The van der Waals surface area contributed by atoms with Gasteiger partial charge in [-0.05, 0) is 56.7 Å². The number of aromatic amines is 1. The lowest BCUT2D eigenvalue weighted by atomic mass is 9.98. The maximum absolute atomic E-state index is 12.3. The van der Waals surface area contributed by atoms with E-state index in [-0.39, 0.29) is 17.3 Å². The molecule has 1 aliphatic carbocycles. The summed E-state index contributed by atoms with van der Waals surface area (Å²) in [6.07, 6.45) is 3.99. The first-order valence-electron chi connectivity index (χ1n) is 8.15. The van der Waals surface area contributed by atoms with Gasteiger partial charge in [-0.3, -0.25) is 4.79 Å². The molecule has 1 aliphatic rings. The summed E-state index contributed by atoms with van der Waals surface area (Å²) in [5.41, 5.74) is 4.81. The molecule has 0 radical (unpaired) electrons. The van der Waals surface area contributed by atoms with Crippen molar-refractivity contribution < 1.29 is 4.79 Å². The molecule has 0 bridgehead atoms. The van der Waals surface area contributed by atoms with Crippen molar-refractivity contribution in [2.75, 3.05) is 11.1 Å². The molecule has 0 spiro atoms. The van der Waals surface area contributed by atoms with Gasteiger partial charge in [-0.2, -0.15) is 4.98 Å². The van der Waals surface area contributed by atoms with Crippen LogP contribution in [0, 0.1) is 13.8 Å². The van der Waals surface area contributed by atoms with E-state index in [0.29, 0.717) is 5.03 Å². The number of anilines is 1. The predicted octanol–water partition coefficient (Wildman–Crippen LogP) is 3.00. The number of amides is 1. The number of nitrogens with one attached hydrogen (secondary N) is 2. The van der Waals surface area contributed by atoms with Gasteiger partial charge in [0.05, 0.1) is 5.75 Å². The molecule has 0 atom stereocenters. The second kappa shape index (κ2) is 7.21. The van der Waals surface area contributed by atoms with Crippen molar-refractivity contribution in [3.63, 3.8) is 0 Å². The SMILES string of the molecule is Cc1cccc(NC(=O)CSc2nc(=O)[nH]c3c2CCCC3)c1C. The Morgan fingerprint density at radius 3 is 2.92 bits per heavy atom. The first kappa shape index (κ1) is 16.8. The largest absolute Gasteiger partial charge is 0.346 e. The fourth-order valence-electron chi connectivity index (χ4n) is 2.92. The van der Waals surface area contributed by atoms with E-state index in [1.807, 2.05) is 32.0 Å². The highest BCUT2D eigenvalue weighted by Crippen LogP contribution is 2.27. The van der Waals surface area contributed by atoms with Crippen LogP contribution in [0.5, 0.6) is 0 Å². The van der Waals surface area contributed by atoms with Gasteiger partial charge in [-0.15, -0.1) is 0 Å². The van der Waals surface area contributed by atoms with Gasteiger partial charge >= 0.3 is 5.69 Å². The number of fused-ring (bicyclic) bond motifs is 1. The quantitative estimate of drug-likeness (QED) is 0.661. The van der Waals surface area contributed by atoms with E-state index in [4.69, 9.17) is 0 Å². The van der Waals surface area contributed by atoms with Crippen LogP contribution in [0.1, 0.15) is 35.2 Å². The van der Waals surface area contributed by atoms with Crippen molar-refractivity contribution in [2.24, 2.45) is 0 Å². The van der Waals surface area contributed by atoms with E-state index < -0.39 is 0 Å². The summed E-state index contributed by atoms with van der Waals surface area (Å²) in [6, 6.07) is 5.85. The number of carbonyl (C=O) groups excluding carboxylic acids is 1. The van der Waals surface area contributed by atoms with Crippen molar-refractivity contribution in [1.82, 2.24) is 9.97 Å². The number of rotatable bonds is 4. The molecule has 24 heavy (non-hydrogen) atoms. The molecule has 6 heteroatoms. The van der Waals surface area contributed by atoms with Gasteiger partial charge in [0.25, 0.3) is 0 Å². The van der Waals surface area contributed by atoms with Crippen LogP contribution in [0.4, 0.5) is 5.69 Å². The molecule has 0 saturated carbocycles. The van der Waals surface area contributed by atoms with Crippen molar-refractivity contribution >= 4 is 23.4 Å². The highest BCUT2D eigenvalue weighted by Gasteiger charge is 2.17. The summed E-state index contributed by atoms with van der Waals surface area (Å²) in [7, 11) is 0. The number of nitrogens with zero attached hydrogens (tertiary/aromatic N) is 1. The molecule has 0 unspecified atom stereocenters. The molecule has 1 aromatic heterocycles. The second-order valence-electron chi connectivity index (χ2n) is 6.10. The molecule has 1 aromatic carbocycles. The van der Waals surface area contributed by atoms with Gasteiger partial charge in [-0.1, -0.05) is 23.9 Å². The summed E-state index contributed by atoms with van der Waals surface area (Å²) >= 11 is 1.34. The minimum absolute atomic E-state index is 0.0830. The lowest BCUT2D eigenvalue weighted by molar-refractivity contribution is -0.113. The lowest BCUT2D eigenvalue weighted by Crippen LogP contribution is -2.21. The number of benzene rings is 1. The molecule has 3 rings (SSSR count). The fraction of sp³-hybridized carbons (Fsp3) is 0.389. The van der Waals surface area contributed by atoms with Gasteiger partial charge in [0.1, 0.15) is 5.03 Å². The van der Waals surface area contributed by atoms with Crippen molar-refractivity contribution in [3.8, 4) is 0 Å². The van der Waals surface area contributed by atoms with Gasteiger partial charge < -0.3 is 10.3 Å². The summed E-state index contributed by atoms with van der Waals surface area (Å²) in [5, 5.41) is 3.64. The van der Waals surface area contributed by atoms with Crippen LogP contribution in [0.15, 0.2) is 28.0 Å². The first-order valence-corrected chi connectivity index (χ1v) is 9.14. The Hall–Kier alpha value is -2.08. The van der Waals surface area contributed by atoms with Crippen molar-refractivity contribution in [1.29, 1.82) is 0 Å². The summed E-state index contributed by atoms with van der Waals surface area (Å²) in [4.78, 5) is 30.9. The Labute approximate surface area is 145 Å². The van der Waals surface area contributed by atoms with E-state index in [9.17, 15) is 9.59 Å². The molecule has 2 aromatic rings. The third-order valence-electron chi connectivity index (χ3n) is 4.41. The summed E-state index contributed by atoms with van der Waals surface area (Å²) in [5.74, 6) is 0.163. The number of carbonyl (C=O) groups is 1. The number of H-pyrrole nitrogens is 1.